The lowest BCUT2D eigenvalue weighted by Gasteiger charge is -1.97. The third kappa shape index (κ3) is 2.27. The van der Waals surface area contributed by atoms with Gasteiger partial charge in [-0.05, 0) is 16.7 Å². The van der Waals surface area contributed by atoms with Crippen molar-refractivity contribution in [1.29, 1.82) is 0 Å². The number of hydrogen-bond donors (Lipinski definition) is 1. The summed E-state index contributed by atoms with van der Waals surface area (Å²) in [7, 11) is 0. The third-order valence-electron chi connectivity index (χ3n) is 1.43. The van der Waals surface area contributed by atoms with Gasteiger partial charge in [-0.2, -0.15) is 0 Å². The van der Waals surface area contributed by atoms with Gasteiger partial charge in [0.15, 0.2) is 0 Å². The first-order valence-corrected chi connectivity index (χ1v) is 3.48. The van der Waals surface area contributed by atoms with Crippen molar-refractivity contribution in [1.82, 2.24) is 0 Å². The van der Waals surface area contributed by atoms with E-state index in [0.29, 0.717) is 5.56 Å². The van der Waals surface area contributed by atoms with Gasteiger partial charge in [0.25, 0.3) is 0 Å². The van der Waals surface area contributed by atoms with Crippen molar-refractivity contribution in [2.75, 3.05) is 0 Å². The van der Waals surface area contributed by atoms with Crippen LogP contribution in [-0.4, -0.2) is 5.11 Å². The minimum atomic E-state index is -0.138. The fourth-order valence-corrected chi connectivity index (χ4v) is 0.799. The SMILES string of the molecule is [2H]c1cc(CN=[N+]=[N-])ccc1CO. The molecule has 0 saturated heterocycles. The average Bonchev–Trinajstić information content (AvgIpc) is 2.15. The first kappa shape index (κ1) is 7.16. The molecule has 1 aromatic rings. The van der Waals surface area contributed by atoms with Crippen molar-refractivity contribution < 1.29 is 6.48 Å². The summed E-state index contributed by atoms with van der Waals surface area (Å²) >= 11 is 0. The Balaban J connectivity index is 2.88. The van der Waals surface area contributed by atoms with Crippen LogP contribution in [0.15, 0.2) is 29.4 Å². The van der Waals surface area contributed by atoms with Gasteiger partial charge in [-0.15, -0.1) is 0 Å². The fourth-order valence-electron chi connectivity index (χ4n) is 0.799. The zero-order chi connectivity index (χ0) is 9.68. The number of azide groups is 1. The van der Waals surface area contributed by atoms with Gasteiger partial charge < -0.3 is 5.11 Å². The minimum absolute atomic E-state index is 0.138. The molecule has 0 bridgehead atoms. The minimum Gasteiger partial charge on any atom is -0.392 e. The van der Waals surface area contributed by atoms with Crippen LogP contribution < -0.4 is 0 Å². The van der Waals surface area contributed by atoms with Crippen LogP contribution in [0.4, 0.5) is 0 Å². The lowest BCUT2D eigenvalue weighted by atomic mass is 10.1. The molecule has 0 saturated carbocycles. The predicted octanol–water partition coefficient (Wildman–Crippen LogP) is 1.99. The molecule has 0 heterocycles. The Hall–Kier alpha value is -1.51. The van der Waals surface area contributed by atoms with E-state index in [2.05, 4.69) is 10.0 Å². The first-order valence-electron chi connectivity index (χ1n) is 3.98. The van der Waals surface area contributed by atoms with Gasteiger partial charge in [0.05, 0.1) is 14.5 Å². The van der Waals surface area contributed by atoms with Crippen molar-refractivity contribution >= 4 is 0 Å². The summed E-state index contributed by atoms with van der Waals surface area (Å²) in [5.74, 6) is 0. The molecule has 4 nitrogen and oxygen atoms in total. The van der Waals surface area contributed by atoms with Crippen LogP contribution >= 0.6 is 0 Å². The monoisotopic (exact) mass is 164 g/mol. The first-order chi connectivity index (χ1) is 6.27. The number of benzene rings is 1. The Morgan fingerprint density at radius 2 is 2.25 bits per heavy atom. The van der Waals surface area contributed by atoms with Gasteiger partial charge in [0, 0.05) is 4.91 Å². The number of aliphatic hydroxyl groups is 1. The van der Waals surface area contributed by atoms with E-state index >= 15 is 0 Å². The Kier molecular flexibility index (Phi) is 2.61. The van der Waals surface area contributed by atoms with Gasteiger partial charge in [0.2, 0.25) is 0 Å². The van der Waals surface area contributed by atoms with E-state index in [4.69, 9.17) is 12.0 Å². The molecule has 1 aromatic carbocycles. The Morgan fingerprint density at radius 3 is 2.83 bits per heavy atom. The van der Waals surface area contributed by atoms with Gasteiger partial charge >= 0.3 is 0 Å². The zero-order valence-electron chi connectivity index (χ0n) is 7.44. The van der Waals surface area contributed by atoms with Crippen molar-refractivity contribution in [2.45, 2.75) is 13.2 Å². The van der Waals surface area contributed by atoms with Gasteiger partial charge in [-0.3, -0.25) is 0 Å². The standard InChI is InChI=1S/C8H9N3O/c9-11-10-5-7-1-3-8(6-12)4-2-7/h1-4,12H,5-6H2/i3D. The van der Waals surface area contributed by atoms with Crippen LogP contribution in [0.25, 0.3) is 10.4 Å². The van der Waals surface area contributed by atoms with E-state index in [1.165, 1.54) is 0 Å². The normalized spacial score (nSPS) is 10.2. The summed E-state index contributed by atoms with van der Waals surface area (Å²) < 4.78 is 7.45. The highest BCUT2D eigenvalue weighted by atomic mass is 16.3. The number of rotatable bonds is 3. The molecule has 4 heteroatoms. The van der Waals surface area contributed by atoms with E-state index in [1.807, 2.05) is 0 Å². The van der Waals surface area contributed by atoms with Crippen LogP contribution in [0.5, 0.6) is 0 Å². The highest BCUT2D eigenvalue weighted by Crippen LogP contribution is 2.05. The molecule has 1 N–H and O–H groups in total. The second kappa shape index (κ2) is 4.38. The molecule has 0 radical (unpaired) electrons. The summed E-state index contributed by atoms with van der Waals surface area (Å²) in [5.41, 5.74) is 9.42. The summed E-state index contributed by atoms with van der Waals surface area (Å²) in [6, 6.07) is 5.25. The summed E-state index contributed by atoms with van der Waals surface area (Å²) in [5, 5.41) is 12.2. The molecule has 0 atom stereocenters. The van der Waals surface area contributed by atoms with Crippen LogP contribution in [0.2, 0.25) is 0 Å². The smallest absolute Gasteiger partial charge is 0.0681 e. The quantitative estimate of drug-likeness (QED) is 0.414. The molecule has 0 aromatic heterocycles. The second-order valence-corrected chi connectivity index (χ2v) is 2.27. The Labute approximate surface area is 71.5 Å². The van der Waals surface area contributed by atoms with E-state index in [9.17, 15) is 0 Å². The molecule has 0 amide bonds. The molecule has 62 valence electrons. The van der Waals surface area contributed by atoms with Crippen LogP contribution in [0, 0.1) is 0 Å². The summed E-state index contributed by atoms with van der Waals surface area (Å²) in [6.45, 7) is 0.106. The molecular formula is C8H9N3O. The van der Waals surface area contributed by atoms with Gasteiger partial charge in [-0.1, -0.05) is 29.4 Å². The molecule has 12 heavy (non-hydrogen) atoms. The van der Waals surface area contributed by atoms with Crippen LogP contribution in [0.1, 0.15) is 12.5 Å². The molecule has 0 fully saturated rings. The lowest BCUT2D eigenvalue weighted by Crippen LogP contribution is -1.84. The lowest BCUT2D eigenvalue weighted by molar-refractivity contribution is 0.282. The summed E-state index contributed by atoms with van der Waals surface area (Å²) in [4.78, 5) is 2.62. The topological polar surface area (TPSA) is 69.0 Å². The second-order valence-electron chi connectivity index (χ2n) is 2.27. The molecule has 0 aliphatic carbocycles. The van der Waals surface area contributed by atoms with E-state index < -0.39 is 0 Å². The number of aliphatic hydroxyl groups excluding tert-OH is 1. The fraction of sp³-hybridized carbons (Fsp3) is 0.250. The van der Waals surface area contributed by atoms with Gasteiger partial charge in [0.1, 0.15) is 0 Å². The molecule has 0 aliphatic rings. The summed E-state index contributed by atoms with van der Waals surface area (Å²) in [6.07, 6.45) is 0. The van der Waals surface area contributed by atoms with Crippen LogP contribution in [-0.2, 0) is 13.2 Å². The third-order valence-corrected chi connectivity index (χ3v) is 1.43. The highest BCUT2D eigenvalue weighted by molar-refractivity contribution is 5.21. The Bertz CT molecular complexity index is 347. The maximum atomic E-state index is 8.78. The van der Waals surface area contributed by atoms with Crippen molar-refractivity contribution in [2.24, 2.45) is 5.11 Å². The molecule has 1 rings (SSSR count). The van der Waals surface area contributed by atoms with Crippen molar-refractivity contribution in [3.05, 3.63) is 45.8 Å². The van der Waals surface area contributed by atoms with E-state index in [0.717, 1.165) is 5.56 Å². The maximum absolute atomic E-state index is 8.78. The highest BCUT2D eigenvalue weighted by Gasteiger charge is 1.90. The van der Waals surface area contributed by atoms with E-state index in [1.54, 1.807) is 18.2 Å². The molecular weight excluding hydrogens is 154 g/mol. The van der Waals surface area contributed by atoms with E-state index in [-0.39, 0.29) is 19.2 Å². The number of hydrogen-bond acceptors (Lipinski definition) is 2. The predicted molar refractivity (Wildman–Crippen MR) is 45.2 cm³/mol. The largest absolute Gasteiger partial charge is 0.392 e. The van der Waals surface area contributed by atoms with Crippen molar-refractivity contribution in [3.8, 4) is 0 Å². The zero-order valence-corrected chi connectivity index (χ0v) is 6.44. The maximum Gasteiger partial charge on any atom is 0.0681 e. The van der Waals surface area contributed by atoms with Gasteiger partial charge in [-0.25, -0.2) is 0 Å². The molecule has 0 spiro atoms. The average molecular weight is 164 g/mol. The molecule has 0 unspecified atom stereocenters. The number of nitrogens with zero attached hydrogens (tertiary/aromatic N) is 3. The Morgan fingerprint density at radius 1 is 1.50 bits per heavy atom. The molecule has 0 aliphatic heterocycles. The van der Waals surface area contributed by atoms with Crippen molar-refractivity contribution in [3.63, 3.8) is 0 Å². The van der Waals surface area contributed by atoms with Crippen LogP contribution in [0.3, 0.4) is 0 Å².